The van der Waals surface area contributed by atoms with Gasteiger partial charge in [0, 0.05) is 32.7 Å². The number of aryl methyl sites for hydroxylation is 1. The summed E-state index contributed by atoms with van der Waals surface area (Å²) in [5.41, 5.74) is -2.75. The molecule has 0 aromatic heterocycles. The predicted octanol–water partition coefficient (Wildman–Crippen LogP) is 6.90. The Morgan fingerprint density at radius 2 is 1.67 bits per heavy atom. The van der Waals surface area contributed by atoms with Crippen molar-refractivity contribution < 1.29 is 45.4 Å². The maximum atomic E-state index is 14.0. The summed E-state index contributed by atoms with van der Waals surface area (Å²) in [6, 6.07) is 3.07. The molecule has 13 heteroatoms. The number of fused-ring (bicyclic) bond motifs is 1. The van der Waals surface area contributed by atoms with Crippen LogP contribution in [0, 0.1) is 24.1 Å². The van der Waals surface area contributed by atoms with E-state index in [1.807, 2.05) is 0 Å². The van der Waals surface area contributed by atoms with Gasteiger partial charge in [-0.3, -0.25) is 9.69 Å². The molecule has 2 aromatic carbocycles. The number of urea groups is 1. The highest BCUT2D eigenvalue weighted by molar-refractivity contribution is 5.79. The molecular weight excluding hydrogens is 583 g/mol. The Bertz CT molecular complexity index is 1400. The van der Waals surface area contributed by atoms with E-state index in [0.717, 1.165) is 4.90 Å². The molecule has 6 nitrogen and oxygen atoms in total. The van der Waals surface area contributed by atoms with Gasteiger partial charge in [0.05, 0.1) is 28.6 Å². The summed E-state index contributed by atoms with van der Waals surface area (Å²) in [6.45, 7) is 4.28. The number of benzene rings is 2. The molecular formula is C30H32F7N3O3. The van der Waals surface area contributed by atoms with Gasteiger partial charge in [-0.1, -0.05) is 6.07 Å². The molecule has 0 bridgehead atoms. The second-order valence-electron chi connectivity index (χ2n) is 12.1. The lowest BCUT2D eigenvalue weighted by Crippen LogP contribution is -2.52. The van der Waals surface area contributed by atoms with Crippen molar-refractivity contribution in [2.45, 2.75) is 63.6 Å². The van der Waals surface area contributed by atoms with Crippen LogP contribution in [-0.4, -0.2) is 64.5 Å². The molecule has 5 rings (SSSR count). The lowest BCUT2D eigenvalue weighted by Gasteiger charge is -2.45. The van der Waals surface area contributed by atoms with Crippen LogP contribution in [0.2, 0.25) is 0 Å². The molecule has 0 spiro atoms. The van der Waals surface area contributed by atoms with Crippen LogP contribution in [0.4, 0.5) is 35.5 Å². The van der Waals surface area contributed by atoms with E-state index in [4.69, 9.17) is 0 Å². The number of carboxylic acid groups (broad SMARTS) is 1. The van der Waals surface area contributed by atoms with E-state index in [1.54, 1.807) is 13.0 Å². The average molecular weight is 616 g/mol. The third-order valence-electron chi connectivity index (χ3n) is 9.50. The van der Waals surface area contributed by atoms with Gasteiger partial charge in [0.25, 0.3) is 0 Å². The van der Waals surface area contributed by atoms with Gasteiger partial charge in [-0.05, 0) is 86.1 Å². The van der Waals surface area contributed by atoms with Gasteiger partial charge in [0.2, 0.25) is 0 Å². The summed E-state index contributed by atoms with van der Waals surface area (Å²) in [5, 5.41) is 9.72. The summed E-state index contributed by atoms with van der Waals surface area (Å²) >= 11 is 0. The minimum absolute atomic E-state index is 0.0486. The van der Waals surface area contributed by atoms with Gasteiger partial charge in [0.15, 0.2) is 0 Å². The van der Waals surface area contributed by atoms with E-state index in [2.05, 4.69) is 4.90 Å². The van der Waals surface area contributed by atoms with Crippen molar-refractivity contribution in [3.05, 3.63) is 70.0 Å². The van der Waals surface area contributed by atoms with Crippen LogP contribution in [-0.2, 0) is 17.1 Å². The molecule has 3 fully saturated rings. The maximum Gasteiger partial charge on any atom is 0.416 e. The molecule has 1 N–H and O–H groups in total. The molecule has 2 amide bonds. The van der Waals surface area contributed by atoms with Crippen LogP contribution in [0.25, 0.3) is 0 Å². The number of amides is 2. The van der Waals surface area contributed by atoms with Crippen LogP contribution < -0.4 is 0 Å². The summed E-state index contributed by atoms with van der Waals surface area (Å²) in [5.74, 6) is -1.22. The van der Waals surface area contributed by atoms with Gasteiger partial charge in [-0.2, -0.15) is 26.3 Å². The van der Waals surface area contributed by atoms with Gasteiger partial charge < -0.3 is 14.9 Å². The number of likely N-dealkylation sites (tertiary alicyclic amines) is 2. The van der Waals surface area contributed by atoms with E-state index >= 15 is 0 Å². The second-order valence-corrected chi connectivity index (χ2v) is 12.1. The molecule has 1 aliphatic carbocycles. The number of carbonyl (C=O) groups excluding carboxylic acids is 1. The van der Waals surface area contributed by atoms with Crippen molar-refractivity contribution in [2.75, 3.05) is 26.7 Å². The summed E-state index contributed by atoms with van der Waals surface area (Å²) in [6.07, 6.45) is -8.52. The fourth-order valence-electron chi connectivity index (χ4n) is 6.76. The van der Waals surface area contributed by atoms with Gasteiger partial charge in [0.1, 0.15) is 5.82 Å². The number of piperidine rings is 2. The first-order valence-electron chi connectivity index (χ1n) is 14.0. The SMILES string of the molecule is Cc1cc(F)ccc1C1CC(N2CC3CC3(C(=O)O)C2)CCN1C(=O)N(C)C(C)c1cc(C(F)(F)F)cc(C(F)(F)F)c1. The van der Waals surface area contributed by atoms with Crippen molar-refractivity contribution in [3.8, 4) is 0 Å². The molecule has 2 aliphatic heterocycles. The number of halogens is 7. The number of carbonyl (C=O) groups is 2. The van der Waals surface area contributed by atoms with Crippen molar-refractivity contribution in [2.24, 2.45) is 11.3 Å². The number of carboxylic acids is 1. The Balaban J connectivity index is 1.43. The van der Waals surface area contributed by atoms with Crippen molar-refractivity contribution in [1.82, 2.24) is 14.7 Å². The number of hydrogen-bond acceptors (Lipinski definition) is 3. The Morgan fingerprint density at radius 1 is 1.05 bits per heavy atom. The van der Waals surface area contributed by atoms with Crippen molar-refractivity contribution >= 4 is 12.0 Å². The Labute approximate surface area is 244 Å². The summed E-state index contributed by atoms with van der Waals surface area (Å²) < 4.78 is 95.0. The topological polar surface area (TPSA) is 64.1 Å². The highest BCUT2D eigenvalue weighted by Crippen LogP contribution is 2.59. The van der Waals surface area contributed by atoms with Crippen LogP contribution in [0.5, 0.6) is 0 Å². The molecule has 2 saturated heterocycles. The third kappa shape index (κ3) is 5.80. The van der Waals surface area contributed by atoms with Gasteiger partial charge in [-0.25, -0.2) is 9.18 Å². The smallest absolute Gasteiger partial charge is 0.416 e. The number of rotatable bonds is 5. The normalized spacial score (nSPS) is 26.7. The quantitative estimate of drug-likeness (QED) is 0.372. The number of nitrogens with zero attached hydrogens (tertiary/aromatic N) is 3. The average Bonchev–Trinajstić information content (AvgIpc) is 3.51. The largest absolute Gasteiger partial charge is 0.481 e. The molecule has 1 saturated carbocycles. The fraction of sp³-hybridized carbons (Fsp3) is 0.533. The zero-order valence-electron chi connectivity index (χ0n) is 23.8. The van der Waals surface area contributed by atoms with E-state index in [0.29, 0.717) is 55.6 Å². The fourth-order valence-corrected chi connectivity index (χ4v) is 6.76. The first-order chi connectivity index (χ1) is 19.9. The van der Waals surface area contributed by atoms with E-state index < -0.39 is 58.8 Å². The van der Waals surface area contributed by atoms with Crippen LogP contribution in [0.15, 0.2) is 36.4 Å². The lowest BCUT2D eigenvalue weighted by molar-refractivity contribution is -0.144. The maximum absolute atomic E-state index is 14.0. The lowest BCUT2D eigenvalue weighted by atomic mass is 9.88. The standard InChI is InChI=1S/C30H32F7N3O3/c1-16-8-22(31)4-5-24(16)25-12-23(39-14-21-13-28(21,15-39)26(41)42)6-7-40(25)27(43)38(3)17(2)18-9-19(29(32,33)34)11-20(10-18)30(35,36)37/h4-5,8-11,17,21,23,25H,6-7,12-15H2,1-3H3,(H,41,42). The first kappa shape index (κ1) is 31.1. The minimum atomic E-state index is -5.03. The second kappa shape index (κ2) is 10.7. The number of aliphatic carboxylic acids is 1. The van der Waals surface area contributed by atoms with Crippen LogP contribution in [0.1, 0.15) is 66.1 Å². The highest BCUT2D eigenvalue weighted by Gasteiger charge is 2.66. The Hall–Kier alpha value is -3.35. The third-order valence-corrected chi connectivity index (χ3v) is 9.50. The van der Waals surface area contributed by atoms with E-state index in [-0.39, 0.29) is 30.1 Å². The molecule has 0 radical (unpaired) electrons. The number of alkyl halides is 6. The molecule has 3 aliphatic rings. The molecule has 5 unspecified atom stereocenters. The minimum Gasteiger partial charge on any atom is -0.481 e. The summed E-state index contributed by atoms with van der Waals surface area (Å²) in [7, 11) is 1.33. The van der Waals surface area contributed by atoms with Crippen LogP contribution in [0.3, 0.4) is 0 Å². The van der Waals surface area contributed by atoms with E-state index in [9.17, 15) is 45.4 Å². The molecule has 5 atom stereocenters. The van der Waals surface area contributed by atoms with E-state index in [1.165, 1.54) is 31.0 Å². The monoisotopic (exact) mass is 615 g/mol. The predicted molar refractivity (Wildman–Crippen MR) is 141 cm³/mol. The zero-order valence-corrected chi connectivity index (χ0v) is 23.8. The Kier molecular flexibility index (Phi) is 7.72. The highest BCUT2D eigenvalue weighted by atomic mass is 19.4. The molecule has 234 valence electrons. The zero-order chi connectivity index (χ0) is 31.6. The number of hydrogen-bond donors (Lipinski definition) is 1. The van der Waals surface area contributed by atoms with Gasteiger partial charge >= 0.3 is 24.4 Å². The Morgan fingerprint density at radius 3 is 2.21 bits per heavy atom. The molecule has 2 aromatic rings. The van der Waals surface area contributed by atoms with Crippen molar-refractivity contribution in [3.63, 3.8) is 0 Å². The molecule has 2 heterocycles. The van der Waals surface area contributed by atoms with Crippen molar-refractivity contribution in [1.29, 1.82) is 0 Å². The van der Waals surface area contributed by atoms with Gasteiger partial charge in [-0.15, -0.1) is 0 Å². The summed E-state index contributed by atoms with van der Waals surface area (Å²) in [4.78, 5) is 30.5. The van der Waals surface area contributed by atoms with Crippen LogP contribution >= 0.6 is 0 Å². The first-order valence-corrected chi connectivity index (χ1v) is 14.0. The molecule has 43 heavy (non-hydrogen) atoms.